The van der Waals surface area contributed by atoms with Gasteiger partial charge in [-0.05, 0) is 36.4 Å². The first-order valence-electron chi connectivity index (χ1n) is 13.6. The number of nitrogens with zero attached hydrogens (tertiary/aromatic N) is 4. The van der Waals surface area contributed by atoms with Gasteiger partial charge in [-0.25, -0.2) is 4.98 Å². The van der Waals surface area contributed by atoms with E-state index in [9.17, 15) is 0 Å². The molecule has 0 N–H and O–H groups in total. The molecule has 0 aliphatic carbocycles. The summed E-state index contributed by atoms with van der Waals surface area (Å²) < 4.78 is 6.97. The van der Waals surface area contributed by atoms with Crippen LogP contribution in [0.1, 0.15) is 0 Å². The van der Waals surface area contributed by atoms with Crippen molar-refractivity contribution < 1.29 is 0 Å². The highest BCUT2D eigenvalue weighted by atomic mass is 15.1. The van der Waals surface area contributed by atoms with Crippen LogP contribution in [-0.2, 0) is 7.05 Å². The number of hydrogen-bond donors (Lipinski definition) is 0. The molecule has 4 nitrogen and oxygen atoms in total. The molecule has 4 heterocycles. The van der Waals surface area contributed by atoms with Crippen LogP contribution in [-0.4, -0.2) is 18.7 Å². The number of para-hydroxylation sites is 4. The molecule has 0 bridgehead atoms. The van der Waals surface area contributed by atoms with Crippen molar-refractivity contribution in [3.05, 3.63) is 127 Å². The zero-order chi connectivity index (χ0) is 26.4. The zero-order valence-corrected chi connectivity index (χ0v) is 21.9. The largest absolute Gasteiger partial charge is 0.342 e. The number of aromatic nitrogens is 4. The standard InChI is InChI=1S/C36H24N4/c1-38-29-15-6-2-13-25(29)27-21-22-28-26-14-5-9-18-32(26)40(36(28)35(27)38)34-20-10-19-33(37-34)39-30-16-7-3-11-23(30)24-12-4-8-17-31(24)39/h2-22H,1H3. The van der Waals surface area contributed by atoms with Gasteiger partial charge in [0, 0.05) is 44.9 Å². The van der Waals surface area contributed by atoms with Crippen LogP contribution in [0.5, 0.6) is 0 Å². The van der Waals surface area contributed by atoms with Gasteiger partial charge in [-0.2, -0.15) is 0 Å². The summed E-state index contributed by atoms with van der Waals surface area (Å²) in [5, 5.41) is 7.46. The molecule has 9 rings (SSSR count). The Balaban J connectivity index is 1.42. The molecule has 5 aromatic carbocycles. The summed E-state index contributed by atoms with van der Waals surface area (Å²) in [6.07, 6.45) is 0. The van der Waals surface area contributed by atoms with Crippen LogP contribution in [0.25, 0.3) is 77.1 Å². The molecular formula is C36H24N4. The Hall–Kier alpha value is -5.35. The summed E-state index contributed by atoms with van der Waals surface area (Å²) in [6, 6.07) is 45.4. The highest BCUT2D eigenvalue weighted by Crippen LogP contribution is 2.40. The van der Waals surface area contributed by atoms with Gasteiger partial charge in [-0.3, -0.25) is 9.13 Å². The molecule has 40 heavy (non-hydrogen) atoms. The lowest BCUT2D eigenvalue weighted by Gasteiger charge is -2.12. The first-order valence-corrected chi connectivity index (χ1v) is 13.6. The SMILES string of the molecule is Cn1c2ccccc2c2ccc3c4ccccc4n(-c4cccc(-n5c6ccccc6c6ccccc65)n4)c3c21. The van der Waals surface area contributed by atoms with E-state index in [-0.39, 0.29) is 0 Å². The second-order valence-corrected chi connectivity index (χ2v) is 10.5. The predicted molar refractivity (Wildman–Crippen MR) is 167 cm³/mol. The van der Waals surface area contributed by atoms with E-state index < -0.39 is 0 Å². The van der Waals surface area contributed by atoms with Crippen LogP contribution in [0.4, 0.5) is 0 Å². The number of hydrogen-bond acceptors (Lipinski definition) is 1. The molecule has 0 spiro atoms. The quantitative estimate of drug-likeness (QED) is 0.227. The Morgan fingerprint density at radius 2 is 0.800 bits per heavy atom. The highest BCUT2D eigenvalue weighted by Gasteiger charge is 2.20. The third-order valence-corrected chi connectivity index (χ3v) is 8.46. The van der Waals surface area contributed by atoms with E-state index in [0.717, 1.165) is 28.2 Å². The molecule has 0 amide bonds. The topological polar surface area (TPSA) is 27.7 Å². The smallest absolute Gasteiger partial charge is 0.140 e. The van der Waals surface area contributed by atoms with Crippen molar-refractivity contribution in [2.45, 2.75) is 0 Å². The monoisotopic (exact) mass is 512 g/mol. The van der Waals surface area contributed by atoms with Crippen molar-refractivity contribution >= 4 is 65.4 Å². The summed E-state index contributed by atoms with van der Waals surface area (Å²) in [6.45, 7) is 0. The van der Waals surface area contributed by atoms with Crippen LogP contribution in [0.15, 0.2) is 127 Å². The van der Waals surface area contributed by atoms with Gasteiger partial charge in [0.05, 0.1) is 27.6 Å². The fourth-order valence-corrected chi connectivity index (χ4v) is 6.78. The summed E-state index contributed by atoms with van der Waals surface area (Å²) in [5.74, 6) is 1.81. The van der Waals surface area contributed by atoms with Crippen LogP contribution in [0, 0.1) is 0 Å². The Labute approximate surface area is 229 Å². The van der Waals surface area contributed by atoms with Gasteiger partial charge in [0.1, 0.15) is 11.6 Å². The van der Waals surface area contributed by atoms with Crippen LogP contribution in [0.2, 0.25) is 0 Å². The van der Waals surface area contributed by atoms with Crippen molar-refractivity contribution in [1.82, 2.24) is 18.7 Å². The maximum absolute atomic E-state index is 5.37. The third kappa shape index (κ3) is 2.72. The number of fused-ring (bicyclic) bond motifs is 10. The second kappa shape index (κ2) is 7.84. The minimum absolute atomic E-state index is 0.906. The molecule has 9 aromatic rings. The molecule has 0 fully saturated rings. The third-order valence-electron chi connectivity index (χ3n) is 8.46. The van der Waals surface area contributed by atoms with Gasteiger partial charge >= 0.3 is 0 Å². The zero-order valence-electron chi connectivity index (χ0n) is 21.9. The van der Waals surface area contributed by atoms with E-state index >= 15 is 0 Å². The van der Waals surface area contributed by atoms with Crippen LogP contribution >= 0.6 is 0 Å². The molecule has 4 aromatic heterocycles. The first-order chi connectivity index (χ1) is 19.8. The maximum atomic E-state index is 5.37. The molecule has 0 radical (unpaired) electrons. The molecule has 188 valence electrons. The van der Waals surface area contributed by atoms with Crippen molar-refractivity contribution in [3.63, 3.8) is 0 Å². The van der Waals surface area contributed by atoms with Crippen molar-refractivity contribution in [2.75, 3.05) is 0 Å². The Morgan fingerprint density at radius 1 is 0.375 bits per heavy atom. The molecule has 0 aliphatic heterocycles. The van der Waals surface area contributed by atoms with Gasteiger partial charge in [-0.1, -0.05) is 91.0 Å². The average molecular weight is 513 g/mol. The van der Waals surface area contributed by atoms with E-state index in [4.69, 9.17) is 4.98 Å². The van der Waals surface area contributed by atoms with Crippen molar-refractivity contribution in [3.8, 4) is 11.6 Å². The van der Waals surface area contributed by atoms with Gasteiger partial charge in [0.25, 0.3) is 0 Å². The fraction of sp³-hybridized carbons (Fsp3) is 0.0278. The van der Waals surface area contributed by atoms with Crippen molar-refractivity contribution in [2.24, 2.45) is 7.05 Å². The summed E-state index contributed by atoms with van der Waals surface area (Å²) in [7, 11) is 2.17. The van der Waals surface area contributed by atoms with Gasteiger partial charge < -0.3 is 4.57 Å². The summed E-state index contributed by atoms with van der Waals surface area (Å²) in [5.41, 5.74) is 7.11. The maximum Gasteiger partial charge on any atom is 0.140 e. The fourth-order valence-electron chi connectivity index (χ4n) is 6.78. The van der Waals surface area contributed by atoms with Gasteiger partial charge in [0.2, 0.25) is 0 Å². The van der Waals surface area contributed by atoms with Gasteiger partial charge in [0.15, 0.2) is 0 Å². The minimum atomic E-state index is 0.906. The first kappa shape index (κ1) is 21.6. The molecule has 0 saturated heterocycles. The van der Waals surface area contributed by atoms with Crippen molar-refractivity contribution in [1.29, 1.82) is 0 Å². The predicted octanol–water partition coefficient (Wildman–Crippen LogP) is 8.92. The molecular weight excluding hydrogens is 488 g/mol. The molecule has 0 aliphatic rings. The lowest BCUT2D eigenvalue weighted by atomic mass is 10.1. The molecule has 0 atom stereocenters. The van der Waals surface area contributed by atoms with E-state index in [2.05, 4.69) is 148 Å². The van der Waals surface area contributed by atoms with Crippen LogP contribution < -0.4 is 0 Å². The normalized spacial score (nSPS) is 12.1. The molecule has 4 heteroatoms. The second-order valence-electron chi connectivity index (χ2n) is 10.5. The van der Waals surface area contributed by atoms with Gasteiger partial charge in [-0.15, -0.1) is 0 Å². The lowest BCUT2D eigenvalue weighted by molar-refractivity contribution is 0.996. The van der Waals surface area contributed by atoms with E-state index in [1.165, 1.54) is 48.9 Å². The Bertz CT molecular complexity index is 2400. The highest BCUT2D eigenvalue weighted by molar-refractivity contribution is 6.23. The number of aryl methyl sites for hydroxylation is 1. The number of rotatable bonds is 2. The summed E-state index contributed by atoms with van der Waals surface area (Å²) in [4.78, 5) is 5.37. The average Bonchev–Trinajstić information content (AvgIpc) is 3.63. The van der Waals surface area contributed by atoms with E-state index in [1.54, 1.807) is 0 Å². The number of benzene rings is 5. The van der Waals surface area contributed by atoms with Crippen LogP contribution in [0.3, 0.4) is 0 Å². The summed E-state index contributed by atoms with van der Waals surface area (Å²) >= 11 is 0. The minimum Gasteiger partial charge on any atom is -0.342 e. The van der Waals surface area contributed by atoms with E-state index in [1.807, 2.05) is 0 Å². The molecule has 0 saturated carbocycles. The molecule has 0 unspecified atom stereocenters. The lowest BCUT2D eigenvalue weighted by Crippen LogP contribution is -2.03. The number of pyridine rings is 1. The Morgan fingerprint density at radius 3 is 1.40 bits per heavy atom. The van der Waals surface area contributed by atoms with E-state index in [0.29, 0.717) is 0 Å². The Kier molecular flexibility index (Phi) is 4.23.